The van der Waals surface area contributed by atoms with Crippen LogP contribution in [-0.2, 0) is 20.9 Å². The summed E-state index contributed by atoms with van der Waals surface area (Å²) in [4.78, 5) is 25.7. The van der Waals surface area contributed by atoms with Gasteiger partial charge in [0.05, 0.1) is 12.1 Å². The number of nitrogens with zero attached hydrogens (tertiary/aromatic N) is 1. The van der Waals surface area contributed by atoms with E-state index in [4.69, 9.17) is 4.74 Å². The van der Waals surface area contributed by atoms with Gasteiger partial charge in [-0.25, -0.2) is 0 Å². The van der Waals surface area contributed by atoms with Gasteiger partial charge in [0.1, 0.15) is 6.61 Å². The lowest BCUT2D eigenvalue weighted by atomic mass is 10.4. The minimum atomic E-state index is -0.348. The molecule has 5 nitrogen and oxygen atoms in total. The number of carbonyl (C=O) groups is 2. The van der Waals surface area contributed by atoms with Gasteiger partial charge in [0.15, 0.2) is 0 Å². The predicted molar refractivity (Wildman–Crippen MR) is 57.3 cm³/mol. The second-order valence-electron chi connectivity index (χ2n) is 3.21. The molecule has 0 aromatic carbocycles. The molecule has 0 bridgehead atoms. The Bertz CT molecular complexity index is 352. The van der Waals surface area contributed by atoms with Crippen LogP contribution in [0.5, 0.6) is 0 Å². The number of pyridine rings is 1. The minimum absolute atomic E-state index is 0.155. The van der Waals surface area contributed by atoms with Crippen LogP contribution in [0.25, 0.3) is 0 Å². The van der Waals surface area contributed by atoms with Crippen LogP contribution in [0.4, 0.5) is 0 Å². The van der Waals surface area contributed by atoms with Gasteiger partial charge in [-0.3, -0.25) is 14.6 Å². The van der Waals surface area contributed by atoms with Crippen molar-refractivity contribution >= 4 is 11.9 Å². The molecule has 1 heterocycles. The first kappa shape index (κ1) is 12.2. The molecule has 1 aromatic heterocycles. The Morgan fingerprint density at radius 2 is 2.25 bits per heavy atom. The normalized spacial score (nSPS) is 9.56. The Morgan fingerprint density at radius 3 is 2.88 bits per heavy atom. The number of aromatic nitrogens is 1. The van der Waals surface area contributed by atoms with Crippen LogP contribution >= 0.6 is 0 Å². The van der Waals surface area contributed by atoms with E-state index in [-0.39, 0.29) is 24.9 Å². The van der Waals surface area contributed by atoms with Crippen molar-refractivity contribution in [1.29, 1.82) is 0 Å². The molecule has 0 saturated carbocycles. The van der Waals surface area contributed by atoms with Crippen LogP contribution < -0.4 is 5.32 Å². The second kappa shape index (κ2) is 6.55. The van der Waals surface area contributed by atoms with Gasteiger partial charge in [0.2, 0.25) is 5.91 Å². The molecule has 0 aliphatic carbocycles. The number of carbonyl (C=O) groups excluding carboxylic acids is 2. The molecule has 0 spiro atoms. The highest BCUT2D eigenvalue weighted by Crippen LogP contribution is 1.97. The maximum Gasteiger partial charge on any atom is 0.307 e. The number of amides is 1. The zero-order chi connectivity index (χ0) is 11.8. The summed E-state index contributed by atoms with van der Waals surface area (Å²) in [5.74, 6) is -0.503. The number of nitrogens with one attached hydrogen (secondary N) is 1. The van der Waals surface area contributed by atoms with E-state index >= 15 is 0 Å². The van der Waals surface area contributed by atoms with Crippen LogP contribution in [0.1, 0.15) is 19.0 Å². The summed E-state index contributed by atoms with van der Waals surface area (Å²) < 4.78 is 4.96. The molecular formula is C11H14N2O3. The molecule has 86 valence electrons. The van der Waals surface area contributed by atoms with E-state index in [1.807, 2.05) is 6.07 Å². The molecule has 0 atom stereocenters. The third-order valence-electron chi connectivity index (χ3n) is 1.81. The Labute approximate surface area is 93.8 Å². The topological polar surface area (TPSA) is 68.3 Å². The third kappa shape index (κ3) is 5.09. The van der Waals surface area contributed by atoms with Gasteiger partial charge in [0, 0.05) is 19.7 Å². The zero-order valence-corrected chi connectivity index (χ0v) is 9.10. The van der Waals surface area contributed by atoms with E-state index in [9.17, 15) is 9.59 Å². The van der Waals surface area contributed by atoms with Crippen molar-refractivity contribution in [3.8, 4) is 0 Å². The molecular weight excluding hydrogens is 208 g/mol. The van der Waals surface area contributed by atoms with Gasteiger partial charge < -0.3 is 10.1 Å². The molecule has 1 aromatic rings. The summed E-state index contributed by atoms with van der Waals surface area (Å²) in [5.41, 5.74) is 0.704. The monoisotopic (exact) mass is 222 g/mol. The average Bonchev–Trinajstić information content (AvgIpc) is 2.27. The van der Waals surface area contributed by atoms with Crippen LogP contribution in [0.3, 0.4) is 0 Å². The maximum atomic E-state index is 11.2. The first-order valence-electron chi connectivity index (χ1n) is 4.98. The van der Waals surface area contributed by atoms with Crippen molar-refractivity contribution in [2.75, 3.05) is 6.54 Å². The van der Waals surface area contributed by atoms with E-state index in [0.717, 1.165) is 0 Å². The van der Waals surface area contributed by atoms with Crippen molar-refractivity contribution in [3.05, 3.63) is 30.1 Å². The van der Waals surface area contributed by atoms with E-state index < -0.39 is 0 Å². The molecule has 0 saturated heterocycles. The third-order valence-corrected chi connectivity index (χ3v) is 1.81. The summed E-state index contributed by atoms with van der Waals surface area (Å²) in [6, 6.07) is 5.40. The lowest BCUT2D eigenvalue weighted by molar-refractivity contribution is -0.144. The van der Waals surface area contributed by atoms with E-state index in [0.29, 0.717) is 12.2 Å². The summed E-state index contributed by atoms with van der Waals surface area (Å²) in [6.45, 7) is 1.87. The molecule has 0 unspecified atom stereocenters. The Kier molecular flexibility index (Phi) is 4.98. The summed E-state index contributed by atoms with van der Waals surface area (Å²) in [5, 5.41) is 2.52. The molecule has 0 aliphatic heterocycles. The molecule has 0 fully saturated rings. The number of esters is 1. The first-order valence-corrected chi connectivity index (χ1v) is 4.98. The average molecular weight is 222 g/mol. The van der Waals surface area contributed by atoms with Gasteiger partial charge in [-0.2, -0.15) is 0 Å². The molecule has 0 aliphatic rings. The summed E-state index contributed by atoms with van der Waals surface area (Å²) in [7, 11) is 0. The quantitative estimate of drug-likeness (QED) is 0.743. The lowest BCUT2D eigenvalue weighted by Crippen LogP contribution is -2.23. The standard InChI is InChI=1S/C11H14N2O3/c1-9(14)12-7-5-11(15)16-8-10-4-2-3-6-13-10/h2-4,6H,5,7-8H2,1H3,(H,12,14). The molecule has 5 heteroatoms. The highest BCUT2D eigenvalue weighted by atomic mass is 16.5. The van der Waals surface area contributed by atoms with Crippen LogP contribution in [-0.4, -0.2) is 23.4 Å². The van der Waals surface area contributed by atoms with Crippen molar-refractivity contribution in [2.45, 2.75) is 20.0 Å². The maximum absolute atomic E-state index is 11.2. The van der Waals surface area contributed by atoms with Crippen molar-refractivity contribution in [1.82, 2.24) is 10.3 Å². The number of ether oxygens (including phenoxy) is 1. The molecule has 1 rings (SSSR count). The largest absolute Gasteiger partial charge is 0.459 e. The molecule has 1 N–H and O–H groups in total. The predicted octanol–water partition coefficient (Wildman–Crippen LogP) is 0.651. The number of rotatable bonds is 5. The summed E-state index contributed by atoms with van der Waals surface area (Å²) >= 11 is 0. The van der Waals surface area contributed by atoms with E-state index in [2.05, 4.69) is 10.3 Å². The van der Waals surface area contributed by atoms with Crippen LogP contribution in [0.15, 0.2) is 24.4 Å². The van der Waals surface area contributed by atoms with Gasteiger partial charge in [-0.1, -0.05) is 6.07 Å². The zero-order valence-electron chi connectivity index (χ0n) is 9.10. The van der Waals surface area contributed by atoms with E-state index in [1.54, 1.807) is 18.3 Å². The minimum Gasteiger partial charge on any atom is -0.459 e. The Balaban J connectivity index is 2.18. The molecule has 1 amide bonds. The van der Waals surface area contributed by atoms with Crippen molar-refractivity contribution < 1.29 is 14.3 Å². The molecule has 0 radical (unpaired) electrons. The van der Waals surface area contributed by atoms with Crippen LogP contribution in [0, 0.1) is 0 Å². The van der Waals surface area contributed by atoms with Gasteiger partial charge in [0.25, 0.3) is 0 Å². The van der Waals surface area contributed by atoms with Gasteiger partial charge >= 0.3 is 5.97 Å². The Hall–Kier alpha value is -1.91. The fraction of sp³-hybridized carbons (Fsp3) is 0.364. The van der Waals surface area contributed by atoms with Crippen molar-refractivity contribution in [2.24, 2.45) is 0 Å². The molecule has 16 heavy (non-hydrogen) atoms. The van der Waals surface area contributed by atoms with E-state index in [1.165, 1.54) is 6.92 Å². The van der Waals surface area contributed by atoms with Crippen LogP contribution in [0.2, 0.25) is 0 Å². The van der Waals surface area contributed by atoms with Gasteiger partial charge in [-0.05, 0) is 12.1 Å². The summed E-state index contributed by atoms with van der Waals surface area (Å²) in [6.07, 6.45) is 1.81. The van der Waals surface area contributed by atoms with Gasteiger partial charge in [-0.15, -0.1) is 0 Å². The highest BCUT2D eigenvalue weighted by Gasteiger charge is 2.03. The second-order valence-corrected chi connectivity index (χ2v) is 3.21. The smallest absolute Gasteiger partial charge is 0.307 e. The lowest BCUT2D eigenvalue weighted by Gasteiger charge is -2.04. The SMILES string of the molecule is CC(=O)NCCC(=O)OCc1ccccn1. The number of hydrogen-bond acceptors (Lipinski definition) is 4. The Morgan fingerprint density at radius 1 is 1.44 bits per heavy atom. The number of hydrogen-bond donors (Lipinski definition) is 1. The fourth-order valence-corrected chi connectivity index (χ4v) is 1.05. The highest BCUT2D eigenvalue weighted by molar-refractivity contribution is 5.74. The van der Waals surface area contributed by atoms with Crippen molar-refractivity contribution in [3.63, 3.8) is 0 Å². The fourth-order valence-electron chi connectivity index (χ4n) is 1.05. The first-order chi connectivity index (χ1) is 7.68.